The summed E-state index contributed by atoms with van der Waals surface area (Å²) in [5.74, 6) is 1.70. The third-order valence-corrected chi connectivity index (χ3v) is 5.51. The normalized spacial score (nSPS) is 13.2. The minimum atomic E-state index is -0.126. The second-order valence-electron chi connectivity index (χ2n) is 6.15. The number of unbranched alkanes of at least 4 members (excludes halogenated alkanes) is 1. The Hall–Kier alpha value is -0.550. The summed E-state index contributed by atoms with van der Waals surface area (Å²) in [7, 11) is 2.91. The zero-order valence-corrected chi connectivity index (χ0v) is 15.7. The van der Waals surface area contributed by atoms with Gasteiger partial charge in [-0.05, 0) is 55.2 Å². The summed E-state index contributed by atoms with van der Waals surface area (Å²) in [5.41, 5.74) is 2.82. The van der Waals surface area contributed by atoms with Crippen LogP contribution in [0.1, 0.15) is 83.8 Å². The lowest BCUT2D eigenvalue weighted by Gasteiger charge is -2.30. The fourth-order valence-electron chi connectivity index (χ4n) is 2.42. The molecule has 1 aromatic carbocycles. The molecule has 0 aliphatic carbocycles. The van der Waals surface area contributed by atoms with E-state index in [1.165, 1.54) is 30.4 Å². The first-order chi connectivity index (χ1) is 9.99. The smallest absolute Gasteiger partial charge is 0.123 e. The maximum absolute atomic E-state index is 6.36. The van der Waals surface area contributed by atoms with Gasteiger partial charge in [0.15, 0.2) is 0 Å². The van der Waals surface area contributed by atoms with Crippen LogP contribution in [0.4, 0.5) is 0 Å². The summed E-state index contributed by atoms with van der Waals surface area (Å²) in [6.45, 7) is 11.2. The molecular formula is C19H33OP. The number of ether oxygens (including phenoxy) is 1. The van der Waals surface area contributed by atoms with Crippen LogP contribution in [0.3, 0.4) is 0 Å². The van der Waals surface area contributed by atoms with Crippen molar-refractivity contribution >= 4 is 9.24 Å². The van der Waals surface area contributed by atoms with E-state index in [9.17, 15) is 0 Å². The van der Waals surface area contributed by atoms with E-state index in [0.29, 0.717) is 5.92 Å². The van der Waals surface area contributed by atoms with Gasteiger partial charge in [0.1, 0.15) is 11.1 Å². The van der Waals surface area contributed by atoms with Crippen molar-refractivity contribution in [3.8, 4) is 5.75 Å². The van der Waals surface area contributed by atoms with Crippen LogP contribution in [-0.2, 0) is 6.42 Å². The monoisotopic (exact) mass is 308 g/mol. The van der Waals surface area contributed by atoms with Crippen LogP contribution < -0.4 is 4.74 Å². The number of hydrogen-bond acceptors (Lipinski definition) is 1. The Kier molecular flexibility index (Phi) is 7.74. The SMILES string of the molecule is CCCCc1cc(C(C)CC)ccc1OC(P)(CC)CC. The summed E-state index contributed by atoms with van der Waals surface area (Å²) in [6.07, 6.45) is 6.77. The Morgan fingerprint density at radius 2 is 1.81 bits per heavy atom. The van der Waals surface area contributed by atoms with Crippen molar-refractivity contribution in [2.75, 3.05) is 0 Å². The second-order valence-corrected chi connectivity index (χ2v) is 7.21. The lowest BCUT2D eigenvalue weighted by Crippen LogP contribution is -2.27. The van der Waals surface area contributed by atoms with Crippen LogP contribution in [0.15, 0.2) is 18.2 Å². The van der Waals surface area contributed by atoms with E-state index in [0.717, 1.165) is 25.0 Å². The highest BCUT2D eigenvalue weighted by Gasteiger charge is 2.23. The van der Waals surface area contributed by atoms with E-state index in [2.05, 4.69) is 62.1 Å². The first-order valence-corrected chi connectivity index (χ1v) is 9.18. The van der Waals surface area contributed by atoms with Gasteiger partial charge in [-0.15, -0.1) is 0 Å². The van der Waals surface area contributed by atoms with Crippen molar-refractivity contribution in [1.29, 1.82) is 0 Å². The average Bonchev–Trinajstić information content (AvgIpc) is 2.52. The first-order valence-electron chi connectivity index (χ1n) is 8.60. The van der Waals surface area contributed by atoms with E-state index < -0.39 is 0 Å². The molecule has 0 amide bonds. The summed E-state index contributed by atoms with van der Waals surface area (Å²) >= 11 is 0. The third-order valence-electron chi connectivity index (χ3n) is 4.58. The maximum atomic E-state index is 6.36. The fraction of sp³-hybridized carbons (Fsp3) is 0.684. The van der Waals surface area contributed by atoms with Crippen LogP contribution in [0.5, 0.6) is 5.75 Å². The van der Waals surface area contributed by atoms with Crippen molar-refractivity contribution in [1.82, 2.24) is 0 Å². The number of hydrogen-bond donors (Lipinski definition) is 0. The van der Waals surface area contributed by atoms with Gasteiger partial charge in [-0.2, -0.15) is 0 Å². The molecule has 0 heterocycles. The van der Waals surface area contributed by atoms with Gasteiger partial charge in [0.2, 0.25) is 0 Å². The molecule has 0 saturated heterocycles. The van der Waals surface area contributed by atoms with Gasteiger partial charge in [-0.25, -0.2) is 0 Å². The van der Waals surface area contributed by atoms with Crippen molar-refractivity contribution in [3.05, 3.63) is 29.3 Å². The Morgan fingerprint density at radius 3 is 2.33 bits per heavy atom. The molecule has 2 atom stereocenters. The predicted molar refractivity (Wildman–Crippen MR) is 97.4 cm³/mol. The number of rotatable bonds is 9. The quantitative estimate of drug-likeness (QED) is 0.485. The van der Waals surface area contributed by atoms with Crippen LogP contribution >= 0.6 is 9.24 Å². The van der Waals surface area contributed by atoms with E-state index in [-0.39, 0.29) is 5.34 Å². The first kappa shape index (κ1) is 18.5. The zero-order valence-electron chi connectivity index (χ0n) is 14.5. The Labute approximate surface area is 134 Å². The molecule has 0 saturated carbocycles. The number of benzene rings is 1. The molecule has 0 spiro atoms. The molecule has 2 unspecified atom stereocenters. The molecule has 0 N–H and O–H groups in total. The third kappa shape index (κ3) is 5.29. The molecule has 0 aliphatic rings. The highest BCUT2D eigenvalue weighted by Crippen LogP contribution is 2.34. The lowest BCUT2D eigenvalue weighted by molar-refractivity contribution is 0.153. The Bertz CT molecular complexity index is 424. The topological polar surface area (TPSA) is 9.23 Å². The number of aryl methyl sites for hydroxylation is 1. The van der Waals surface area contributed by atoms with Crippen LogP contribution in [-0.4, -0.2) is 5.34 Å². The molecule has 1 aromatic rings. The molecule has 1 nitrogen and oxygen atoms in total. The summed E-state index contributed by atoms with van der Waals surface area (Å²) in [4.78, 5) is 0. The maximum Gasteiger partial charge on any atom is 0.123 e. The molecule has 0 aliphatic heterocycles. The highest BCUT2D eigenvalue weighted by atomic mass is 31.0. The average molecular weight is 308 g/mol. The van der Waals surface area contributed by atoms with Gasteiger partial charge in [0, 0.05) is 0 Å². The van der Waals surface area contributed by atoms with Crippen LogP contribution in [0, 0.1) is 0 Å². The molecule has 0 aromatic heterocycles. The van der Waals surface area contributed by atoms with Crippen LogP contribution in [0.2, 0.25) is 0 Å². The predicted octanol–water partition coefficient (Wildman–Crippen LogP) is 6.31. The summed E-state index contributed by atoms with van der Waals surface area (Å²) in [6, 6.07) is 6.81. The van der Waals surface area contributed by atoms with Gasteiger partial charge in [-0.3, -0.25) is 0 Å². The van der Waals surface area contributed by atoms with Gasteiger partial charge in [-0.1, -0.05) is 62.4 Å². The largest absolute Gasteiger partial charge is 0.483 e. The molecule has 0 bridgehead atoms. The van der Waals surface area contributed by atoms with Crippen molar-refractivity contribution < 1.29 is 4.74 Å². The molecule has 0 fully saturated rings. The molecule has 1 rings (SSSR count). The van der Waals surface area contributed by atoms with E-state index in [1.807, 2.05) is 0 Å². The Balaban J connectivity index is 3.06. The molecule has 120 valence electrons. The van der Waals surface area contributed by atoms with Crippen molar-refractivity contribution in [3.63, 3.8) is 0 Å². The van der Waals surface area contributed by atoms with Gasteiger partial charge < -0.3 is 4.74 Å². The van der Waals surface area contributed by atoms with E-state index >= 15 is 0 Å². The van der Waals surface area contributed by atoms with Gasteiger partial charge >= 0.3 is 0 Å². The van der Waals surface area contributed by atoms with E-state index in [4.69, 9.17) is 4.74 Å². The van der Waals surface area contributed by atoms with Gasteiger partial charge in [0.25, 0.3) is 0 Å². The minimum Gasteiger partial charge on any atom is -0.483 e. The van der Waals surface area contributed by atoms with Crippen molar-refractivity contribution in [2.24, 2.45) is 0 Å². The fourth-order valence-corrected chi connectivity index (χ4v) is 2.54. The molecule has 21 heavy (non-hydrogen) atoms. The summed E-state index contributed by atoms with van der Waals surface area (Å²) in [5, 5.41) is -0.126. The lowest BCUT2D eigenvalue weighted by atomic mass is 9.95. The standard InChI is InChI=1S/C19H33OP/c1-6-10-11-17-14-16(15(5)7-2)12-13-18(17)20-19(21,8-3)9-4/h12-15H,6-11,21H2,1-5H3. The second kappa shape index (κ2) is 8.79. The zero-order chi connectivity index (χ0) is 15.9. The highest BCUT2D eigenvalue weighted by molar-refractivity contribution is 7.18. The molecule has 0 radical (unpaired) electrons. The molecule has 2 heteroatoms. The van der Waals surface area contributed by atoms with Crippen molar-refractivity contribution in [2.45, 2.75) is 84.4 Å². The Morgan fingerprint density at radius 1 is 1.14 bits per heavy atom. The van der Waals surface area contributed by atoms with Gasteiger partial charge in [0.05, 0.1) is 0 Å². The summed E-state index contributed by atoms with van der Waals surface area (Å²) < 4.78 is 6.36. The van der Waals surface area contributed by atoms with Crippen LogP contribution in [0.25, 0.3) is 0 Å². The van der Waals surface area contributed by atoms with E-state index in [1.54, 1.807) is 0 Å². The molecular weight excluding hydrogens is 275 g/mol. The minimum absolute atomic E-state index is 0.126.